The fourth-order valence-corrected chi connectivity index (χ4v) is 2.13. The molecular weight excluding hydrogens is 312 g/mol. The number of aliphatic hydroxyl groups excluding tert-OH is 1. The number of nitrogens with one attached hydrogen (secondary N) is 1. The second-order valence-electron chi connectivity index (χ2n) is 4.73. The van der Waals surface area contributed by atoms with Gasteiger partial charge in [-0.05, 0) is 47.7 Å². The van der Waals surface area contributed by atoms with E-state index in [1.807, 2.05) is 6.92 Å². The summed E-state index contributed by atoms with van der Waals surface area (Å²) in [6.45, 7) is 2.09. The van der Waals surface area contributed by atoms with Crippen LogP contribution in [0.3, 0.4) is 0 Å². The predicted molar refractivity (Wildman–Crippen MR) is 74.3 cm³/mol. The molecule has 2 rings (SSSR count). The third-order valence-electron chi connectivity index (χ3n) is 3.19. The normalized spacial score (nSPS) is 16.0. The van der Waals surface area contributed by atoms with E-state index in [2.05, 4.69) is 26.2 Å². The summed E-state index contributed by atoms with van der Waals surface area (Å²) >= 11 is 3.34. The molecule has 6 heteroatoms. The van der Waals surface area contributed by atoms with Gasteiger partial charge in [-0.3, -0.25) is 4.79 Å². The zero-order chi connectivity index (χ0) is 14.0. The van der Waals surface area contributed by atoms with Gasteiger partial charge in [0.15, 0.2) is 0 Å². The largest absolute Gasteiger partial charge is 0.480 e. The van der Waals surface area contributed by atoms with Crippen LogP contribution in [0, 0.1) is 12.8 Å². The molecule has 1 aliphatic carbocycles. The van der Waals surface area contributed by atoms with Crippen molar-refractivity contribution in [3.63, 3.8) is 0 Å². The number of aryl methyl sites for hydroxylation is 1. The highest BCUT2D eigenvalue weighted by Crippen LogP contribution is 2.32. The molecule has 0 spiro atoms. The fraction of sp³-hybridized carbons (Fsp3) is 0.538. The van der Waals surface area contributed by atoms with E-state index in [9.17, 15) is 9.90 Å². The lowest BCUT2D eigenvalue weighted by molar-refractivity contribution is 0.0897. The maximum absolute atomic E-state index is 12.1. The third kappa shape index (κ3) is 3.45. The van der Waals surface area contributed by atoms with Crippen LogP contribution in [-0.4, -0.2) is 35.8 Å². The number of pyridine rings is 1. The molecule has 104 valence electrons. The van der Waals surface area contributed by atoms with Crippen LogP contribution in [0.4, 0.5) is 0 Å². The van der Waals surface area contributed by atoms with Crippen LogP contribution < -0.4 is 10.1 Å². The first-order valence-electron chi connectivity index (χ1n) is 6.20. The molecule has 0 radical (unpaired) electrons. The second-order valence-corrected chi connectivity index (χ2v) is 5.58. The molecule has 0 aliphatic heterocycles. The van der Waals surface area contributed by atoms with E-state index in [4.69, 9.17) is 4.74 Å². The number of hydrogen-bond acceptors (Lipinski definition) is 4. The van der Waals surface area contributed by atoms with Gasteiger partial charge in [0.2, 0.25) is 5.88 Å². The van der Waals surface area contributed by atoms with Crippen molar-refractivity contribution in [3.05, 3.63) is 21.8 Å². The van der Waals surface area contributed by atoms with Crippen molar-refractivity contribution in [2.45, 2.75) is 25.9 Å². The number of amides is 1. The third-order valence-corrected chi connectivity index (χ3v) is 3.99. The van der Waals surface area contributed by atoms with E-state index in [-0.39, 0.29) is 12.5 Å². The molecule has 1 heterocycles. The first-order chi connectivity index (χ1) is 9.02. The summed E-state index contributed by atoms with van der Waals surface area (Å²) in [5, 5.41) is 12.5. The smallest absolute Gasteiger partial charge is 0.256 e. The van der Waals surface area contributed by atoms with E-state index in [0.717, 1.165) is 23.0 Å². The molecule has 0 saturated heterocycles. The number of hydrogen-bond donors (Lipinski definition) is 2. The Kier molecular flexibility index (Phi) is 4.42. The molecule has 2 N–H and O–H groups in total. The first-order valence-corrected chi connectivity index (χ1v) is 6.99. The molecule has 1 aromatic heterocycles. The van der Waals surface area contributed by atoms with Gasteiger partial charge in [0.25, 0.3) is 5.91 Å². The lowest BCUT2D eigenvalue weighted by atomic mass is 10.2. The highest BCUT2D eigenvalue weighted by molar-refractivity contribution is 9.10. The molecule has 19 heavy (non-hydrogen) atoms. The van der Waals surface area contributed by atoms with E-state index in [0.29, 0.717) is 17.4 Å². The quantitative estimate of drug-likeness (QED) is 0.862. The van der Waals surface area contributed by atoms with Crippen LogP contribution in [-0.2, 0) is 0 Å². The average Bonchev–Trinajstić information content (AvgIpc) is 3.22. The Hall–Kier alpha value is -1.14. The Morgan fingerprint density at radius 3 is 2.95 bits per heavy atom. The van der Waals surface area contributed by atoms with Crippen LogP contribution in [0.5, 0.6) is 5.88 Å². The summed E-state index contributed by atoms with van der Waals surface area (Å²) in [5.41, 5.74) is 1.12. The first kappa shape index (κ1) is 14.3. The van der Waals surface area contributed by atoms with Crippen molar-refractivity contribution in [1.29, 1.82) is 0 Å². The monoisotopic (exact) mass is 328 g/mol. The molecule has 1 amide bonds. The van der Waals surface area contributed by atoms with Gasteiger partial charge in [-0.2, -0.15) is 0 Å². The number of rotatable bonds is 5. The number of methoxy groups -OCH3 is 1. The fourth-order valence-electron chi connectivity index (χ4n) is 1.82. The number of carbonyl (C=O) groups is 1. The Balaban J connectivity index is 2.06. The highest BCUT2D eigenvalue weighted by Gasteiger charge is 2.30. The molecule has 0 aromatic carbocycles. The molecule has 5 nitrogen and oxygen atoms in total. The SMILES string of the molecule is COc1nc(C)c(Br)cc1C(=O)NCC(O)C1CC1. The van der Waals surface area contributed by atoms with Crippen LogP contribution in [0.15, 0.2) is 10.5 Å². The van der Waals surface area contributed by atoms with Crippen molar-refractivity contribution >= 4 is 21.8 Å². The van der Waals surface area contributed by atoms with Gasteiger partial charge >= 0.3 is 0 Å². The minimum atomic E-state index is -0.461. The van der Waals surface area contributed by atoms with Crippen LogP contribution in [0.1, 0.15) is 28.9 Å². The number of ether oxygens (including phenoxy) is 1. The van der Waals surface area contributed by atoms with Crippen LogP contribution in [0.25, 0.3) is 0 Å². The van der Waals surface area contributed by atoms with Crippen LogP contribution in [0.2, 0.25) is 0 Å². The van der Waals surface area contributed by atoms with Crippen molar-refractivity contribution in [1.82, 2.24) is 10.3 Å². The van der Waals surface area contributed by atoms with Gasteiger partial charge in [0.1, 0.15) is 5.56 Å². The Morgan fingerprint density at radius 2 is 2.37 bits per heavy atom. The van der Waals surface area contributed by atoms with Crippen molar-refractivity contribution in [2.75, 3.05) is 13.7 Å². The van der Waals surface area contributed by atoms with Gasteiger partial charge in [-0.25, -0.2) is 4.98 Å². The Bertz CT molecular complexity index is 489. The summed E-state index contributed by atoms with van der Waals surface area (Å²) in [4.78, 5) is 16.3. The maximum atomic E-state index is 12.1. The van der Waals surface area contributed by atoms with E-state index >= 15 is 0 Å². The van der Waals surface area contributed by atoms with Crippen molar-refractivity contribution in [2.24, 2.45) is 5.92 Å². The summed E-state index contributed by atoms with van der Waals surface area (Å²) in [6, 6.07) is 1.68. The summed E-state index contributed by atoms with van der Waals surface area (Å²) in [7, 11) is 1.48. The van der Waals surface area contributed by atoms with E-state index in [1.165, 1.54) is 7.11 Å². The maximum Gasteiger partial charge on any atom is 0.256 e. The lowest BCUT2D eigenvalue weighted by Gasteiger charge is -2.13. The molecule has 1 atom stereocenters. The number of aliphatic hydroxyl groups is 1. The lowest BCUT2D eigenvalue weighted by Crippen LogP contribution is -2.33. The minimum absolute atomic E-state index is 0.262. The minimum Gasteiger partial charge on any atom is -0.480 e. The highest BCUT2D eigenvalue weighted by atomic mass is 79.9. The molecular formula is C13H17BrN2O3. The molecule has 1 aliphatic rings. The van der Waals surface area contributed by atoms with Gasteiger partial charge in [0.05, 0.1) is 18.9 Å². The second kappa shape index (κ2) is 5.88. The van der Waals surface area contributed by atoms with Crippen molar-refractivity contribution < 1.29 is 14.6 Å². The average molecular weight is 329 g/mol. The zero-order valence-corrected chi connectivity index (χ0v) is 12.5. The number of carbonyl (C=O) groups excluding carboxylic acids is 1. The summed E-state index contributed by atoms with van der Waals surface area (Å²) < 4.78 is 5.86. The standard InChI is InChI=1S/C13H17BrN2O3/c1-7-10(14)5-9(13(16-7)19-2)12(18)15-6-11(17)8-3-4-8/h5,8,11,17H,3-4,6H2,1-2H3,(H,15,18). The van der Waals surface area contributed by atoms with Gasteiger partial charge in [0, 0.05) is 11.0 Å². The van der Waals surface area contributed by atoms with Gasteiger partial charge in [-0.15, -0.1) is 0 Å². The molecule has 1 unspecified atom stereocenters. The Labute approximate surface area is 120 Å². The topological polar surface area (TPSA) is 71.5 Å². The van der Waals surface area contributed by atoms with Crippen molar-refractivity contribution in [3.8, 4) is 5.88 Å². The molecule has 1 aromatic rings. The zero-order valence-electron chi connectivity index (χ0n) is 10.9. The molecule has 1 fully saturated rings. The molecule has 0 bridgehead atoms. The van der Waals surface area contributed by atoms with Gasteiger partial charge < -0.3 is 15.2 Å². The van der Waals surface area contributed by atoms with E-state index in [1.54, 1.807) is 6.07 Å². The Morgan fingerprint density at radius 1 is 1.68 bits per heavy atom. The van der Waals surface area contributed by atoms with Gasteiger partial charge in [-0.1, -0.05) is 0 Å². The summed E-state index contributed by atoms with van der Waals surface area (Å²) in [6.07, 6.45) is 1.62. The van der Waals surface area contributed by atoms with Crippen LogP contribution >= 0.6 is 15.9 Å². The number of nitrogens with zero attached hydrogens (tertiary/aromatic N) is 1. The number of aromatic nitrogens is 1. The number of halogens is 1. The van der Waals surface area contributed by atoms with E-state index < -0.39 is 6.10 Å². The molecule has 1 saturated carbocycles. The summed E-state index contributed by atoms with van der Waals surface area (Å²) in [5.74, 6) is 0.342. The predicted octanol–water partition coefficient (Wildman–Crippen LogP) is 1.66.